The fourth-order valence-corrected chi connectivity index (χ4v) is 2.05. The maximum Gasteiger partial charge on any atom is 0.335 e. The topological polar surface area (TPSA) is 55.8 Å². The Labute approximate surface area is 132 Å². The van der Waals surface area contributed by atoms with Crippen LogP contribution in [0.4, 0.5) is 0 Å². The molecule has 22 heavy (non-hydrogen) atoms. The largest absolute Gasteiger partial charge is 0.464 e. The smallest absolute Gasteiger partial charge is 0.335 e. The van der Waals surface area contributed by atoms with Gasteiger partial charge in [0.15, 0.2) is 6.10 Å². The van der Waals surface area contributed by atoms with Gasteiger partial charge in [-0.05, 0) is 38.8 Å². The fourth-order valence-electron chi connectivity index (χ4n) is 2.05. The quantitative estimate of drug-likeness (QED) is 0.621. The van der Waals surface area contributed by atoms with Crippen molar-refractivity contribution < 1.29 is 19.4 Å². The highest BCUT2D eigenvalue weighted by Crippen LogP contribution is 2.21. The van der Waals surface area contributed by atoms with Gasteiger partial charge >= 0.3 is 5.97 Å². The van der Waals surface area contributed by atoms with E-state index in [0.717, 1.165) is 5.56 Å². The highest BCUT2D eigenvalue weighted by atomic mass is 16.6. The van der Waals surface area contributed by atoms with Crippen LogP contribution in [0.25, 0.3) is 0 Å². The van der Waals surface area contributed by atoms with Crippen LogP contribution in [0.1, 0.15) is 38.8 Å². The van der Waals surface area contributed by atoms with Crippen LogP contribution >= 0.6 is 0 Å². The molecule has 0 aliphatic carbocycles. The van der Waals surface area contributed by atoms with Gasteiger partial charge in [0.05, 0.1) is 12.7 Å². The number of esters is 1. The molecule has 0 aromatic heterocycles. The molecular weight excluding hydrogens is 280 g/mol. The molecule has 1 aromatic rings. The molecule has 0 aliphatic heterocycles. The van der Waals surface area contributed by atoms with Gasteiger partial charge in [-0.2, -0.15) is 0 Å². The Balaban J connectivity index is 2.96. The summed E-state index contributed by atoms with van der Waals surface area (Å²) in [5.41, 5.74) is 0.125. The van der Waals surface area contributed by atoms with E-state index in [1.54, 1.807) is 32.0 Å². The van der Waals surface area contributed by atoms with Crippen molar-refractivity contribution in [3.63, 3.8) is 0 Å². The van der Waals surface area contributed by atoms with Crippen molar-refractivity contribution in [1.82, 2.24) is 0 Å². The van der Waals surface area contributed by atoms with E-state index in [1.807, 2.05) is 19.9 Å². The Kier molecular flexibility index (Phi) is 6.61. The van der Waals surface area contributed by atoms with Crippen LogP contribution in [0.3, 0.4) is 0 Å². The third-order valence-electron chi connectivity index (χ3n) is 3.18. The zero-order valence-electron chi connectivity index (χ0n) is 13.6. The molecule has 0 aliphatic rings. The van der Waals surface area contributed by atoms with Crippen molar-refractivity contribution in [2.45, 2.75) is 51.9 Å². The molecule has 120 valence electrons. The van der Waals surface area contributed by atoms with E-state index in [-0.39, 0.29) is 12.1 Å². The summed E-state index contributed by atoms with van der Waals surface area (Å²) in [5.74, 6) is 1.96. The molecule has 0 saturated carbocycles. The molecule has 0 radical (unpaired) electrons. The maximum absolute atomic E-state index is 12.0. The lowest BCUT2D eigenvalue weighted by Crippen LogP contribution is -2.31. The van der Waals surface area contributed by atoms with E-state index in [9.17, 15) is 9.90 Å². The molecule has 1 N–H and O–H groups in total. The normalized spacial score (nSPS) is 15.0. The highest BCUT2D eigenvalue weighted by molar-refractivity contribution is 5.75. The molecule has 0 fully saturated rings. The van der Waals surface area contributed by atoms with Crippen molar-refractivity contribution in [2.75, 3.05) is 6.61 Å². The van der Waals surface area contributed by atoms with Crippen LogP contribution in [0.15, 0.2) is 24.3 Å². The first-order valence-electron chi connectivity index (χ1n) is 7.41. The van der Waals surface area contributed by atoms with Crippen LogP contribution in [0.5, 0.6) is 0 Å². The summed E-state index contributed by atoms with van der Waals surface area (Å²) in [6.45, 7) is 7.36. The Morgan fingerprint density at radius 2 is 2.14 bits per heavy atom. The number of terminal acetylenes is 1. The molecule has 2 atom stereocenters. The fraction of sp³-hybridized carbons (Fsp3) is 0.500. The summed E-state index contributed by atoms with van der Waals surface area (Å²) in [4.78, 5) is 12.0. The van der Waals surface area contributed by atoms with E-state index in [2.05, 4.69) is 5.92 Å². The summed E-state index contributed by atoms with van der Waals surface area (Å²) in [6.07, 6.45) is 4.94. The van der Waals surface area contributed by atoms with Gasteiger partial charge in [0, 0.05) is 6.42 Å². The second kappa shape index (κ2) is 7.98. The van der Waals surface area contributed by atoms with Crippen molar-refractivity contribution in [1.29, 1.82) is 0 Å². The molecule has 0 bridgehead atoms. The molecule has 1 rings (SSSR count). The summed E-state index contributed by atoms with van der Waals surface area (Å²) >= 11 is 0. The lowest BCUT2D eigenvalue weighted by atomic mass is 9.94. The standard InChI is InChI=1S/C18H24O4/c1-6-18(5,20)15-10-8-9-14(11-15)12-16(22-13(3)4)17(19)21-7-2/h1,8-11,13,16,20H,7,12H2,2-5H3. The van der Waals surface area contributed by atoms with E-state index in [0.29, 0.717) is 18.6 Å². The van der Waals surface area contributed by atoms with Gasteiger partial charge in [-0.25, -0.2) is 4.79 Å². The minimum Gasteiger partial charge on any atom is -0.464 e. The van der Waals surface area contributed by atoms with Gasteiger partial charge in [0.25, 0.3) is 0 Å². The van der Waals surface area contributed by atoms with Crippen LogP contribution in [0.2, 0.25) is 0 Å². The number of hydrogen-bond donors (Lipinski definition) is 1. The predicted molar refractivity (Wildman–Crippen MR) is 85.2 cm³/mol. The number of ether oxygens (including phenoxy) is 2. The third-order valence-corrected chi connectivity index (χ3v) is 3.18. The molecule has 0 saturated heterocycles. The van der Waals surface area contributed by atoms with Crippen molar-refractivity contribution in [3.8, 4) is 12.3 Å². The molecule has 2 unspecified atom stereocenters. The minimum atomic E-state index is -1.34. The molecule has 4 nitrogen and oxygen atoms in total. The second-order valence-electron chi connectivity index (χ2n) is 5.55. The van der Waals surface area contributed by atoms with Crippen LogP contribution in [0, 0.1) is 12.3 Å². The van der Waals surface area contributed by atoms with E-state index >= 15 is 0 Å². The van der Waals surface area contributed by atoms with Gasteiger partial charge in [0.2, 0.25) is 0 Å². The number of carbonyl (C=O) groups excluding carboxylic acids is 1. The van der Waals surface area contributed by atoms with Crippen molar-refractivity contribution in [2.24, 2.45) is 0 Å². The first-order chi connectivity index (χ1) is 10.3. The molecule has 0 amide bonds. The maximum atomic E-state index is 12.0. The first kappa shape index (κ1) is 18.2. The lowest BCUT2D eigenvalue weighted by Gasteiger charge is -2.21. The first-order valence-corrected chi connectivity index (χ1v) is 7.41. The highest BCUT2D eigenvalue weighted by Gasteiger charge is 2.24. The van der Waals surface area contributed by atoms with Crippen LogP contribution in [-0.4, -0.2) is 29.9 Å². The lowest BCUT2D eigenvalue weighted by molar-refractivity contribution is -0.159. The third kappa shape index (κ3) is 5.18. The Hall–Kier alpha value is -1.83. The number of hydrogen-bond acceptors (Lipinski definition) is 4. The predicted octanol–water partition coefficient (Wildman–Crippen LogP) is 2.43. The van der Waals surface area contributed by atoms with Crippen LogP contribution < -0.4 is 0 Å². The van der Waals surface area contributed by atoms with Gasteiger partial charge in [0.1, 0.15) is 5.60 Å². The Bertz CT molecular complexity index is 540. The monoisotopic (exact) mass is 304 g/mol. The number of rotatable bonds is 7. The zero-order valence-corrected chi connectivity index (χ0v) is 13.6. The van der Waals surface area contributed by atoms with Gasteiger partial charge in [-0.15, -0.1) is 6.42 Å². The SMILES string of the molecule is C#CC(C)(O)c1cccc(CC(OC(C)C)C(=O)OCC)c1. The summed E-state index contributed by atoms with van der Waals surface area (Å²) in [6, 6.07) is 7.21. The average Bonchev–Trinajstić information content (AvgIpc) is 2.46. The van der Waals surface area contributed by atoms with Crippen molar-refractivity contribution in [3.05, 3.63) is 35.4 Å². The van der Waals surface area contributed by atoms with Gasteiger partial charge in [-0.3, -0.25) is 0 Å². The number of aliphatic hydroxyl groups is 1. The summed E-state index contributed by atoms with van der Waals surface area (Å²) in [7, 11) is 0. The summed E-state index contributed by atoms with van der Waals surface area (Å²) < 4.78 is 10.7. The molecule has 0 spiro atoms. The molecule has 4 heteroatoms. The van der Waals surface area contributed by atoms with Crippen molar-refractivity contribution >= 4 is 5.97 Å². The number of carbonyl (C=O) groups is 1. The number of benzene rings is 1. The van der Waals surface area contributed by atoms with E-state index in [4.69, 9.17) is 15.9 Å². The summed E-state index contributed by atoms with van der Waals surface area (Å²) in [5, 5.41) is 10.1. The van der Waals surface area contributed by atoms with Gasteiger partial charge < -0.3 is 14.6 Å². The second-order valence-corrected chi connectivity index (χ2v) is 5.55. The Morgan fingerprint density at radius 1 is 1.45 bits per heavy atom. The van der Waals surface area contributed by atoms with Gasteiger partial charge in [-0.1, -0.05) is 30.2 Å². The average molecular weight is 304 g/mol. The van der Waals surface area contributed by atoms with E-state index in [1.165, 1.54) is 0 Å². The Morgan fingerprint density at radius 3 is 2.68 bits per heavy atom. The minimum absolute atomic E-state index is 0.0913. The molecule has 0 heterocycles. The van der Waals surface area contributed by atoms with Crippen LogP contribution in [-0.2, 0) is 26.3 Å². The zero-order chi connectivity index (χ0) is 16.8. The molecule has 1 aromatic carbocycles. The molecular formula is C18H24O4. The van der Waals surface area contributed by atoms with E-state index < -0.39 is 11.7 Å².